The van der Waals surface area contributed by atoms with E-state index in [2.05, 4.69) is 34.7 Å². The largest absolute Gasteiger partial charge is 0.383 e. The minimum atomic E-state index is 0.748. The normalized spacial score (nSPS) is 10.8. The number of aryl methyl sites for hydroxylation is 1. The first kappa shape index (κ1) is 15.1. The van der Waals surface area contributed by atoms with Crippen molar-refractivity contribution in [1.29, 1.82) is 0 Å². The standard InChI is InChI=1S/C15H21N3OS/c1-19-10-7-16-13-14-4-2-5-15(12-14)20-11-9-18-8-3-6-17-18/h2-6,8,12,16H,7,9-11,13H2,1H3. The number of hydrogen-bond donors (Lipinski definition) is 1. The summed E-state index contributed by atoms with van der Waals surface area (Å²) in [5.74, 6) is 1.03. The van der Waals surface area contributed by atoms with Gasteiger partial charge in [-0.2, -0.15) is 5.10 Å². The van der Waals surface area contributed by atoms with Crippen LogP contribution in [0.5, 0.6) is 0 Å². The lowest BCUT2D eigenvalue weighted by Crippen LogP contribution is -2.18. The maximum absolute atomic E-state index is 5.02. The molecule has 1 aromatic heterocycles. The van der Waals surface area contributed by atoms with E-state index < -0.39 is 0 Å². The van der Waals surface area contributed by atoms with E-state index in [1.807, 2.05) is 34.9 Å². The van der Waals surface area contributed by atoms with Gasteiger partial charge in [-0.15, -0.1) is 11.8 Å². The molecule has 5 heteroatoms. The molecule has 0 bridgehead atoms. The third kappa shape index (κ3) is 5.36. The first-order valence-corrected chi connectivity index (χ1v) is 7.76. The van der Waals surface area contributed by atoms with Gasteiger partial charge < -0.3 is 10.1 Å². The Bertz CT molecular complexity index is 488. The molecule has 2 rings (SSSR count). The fraction of sp³-hybridized carbons (Fsp3) is 0.400. The number of ether oxygens (including phenoxy) is 1. The summed E-state index contributed by atoms with van der Waals surface area (Å²) in [4.78, 5) is 1.31. The van der Waals surface area contributed by atoms with E-state index in [1.54, 1.807) is 7.11 Å². The van der Waals surface area contributed by atoms with Gasteiger partial charge in [-0.05, 0) is 23.8 Å². The van der Waals surface area contributed by atoms with Crippen LogP contribution in [0.25, 0.3) is 0 Å². The molecule has 0 atom stereocenters. The van der Waals surface area contributed by atoms with Gasteiger partial charge in [0, 0.05) is 43.2 Å². The van der Waals surface area contributed by atoms with E-state index in [4.69, 9.17) is 4.74 Å². The summed E-state index contributed by atoms with van der Waals surface area (Å²) in [7, 11) is 1.72. The van der Waals surface area contributed by atoms with E-state index in [9.17, 15) is 0 Å². The molecule has 1 N–H and O–H groups in total. The van der Waals surface area contributed by atoms with Crippen LogP contribution < -0.4 is 5.32 Å². The van der Waals surface area contributed by atoms with Gasteiger partial charge in [0.15, 0.2) is 0 Å². The van der Waals surface area contributed by atoms with Crippen molar-refractivity contribution in [3.05, 3.63) is 48.3 Å². The highest BCUT2D eigenvalue weighted by molar-refractivity contribution is 7.99. The van der Waals surface area contributed by atoms with Crippen molar-refractivity contribution in [2.45, 2.75) is 18.0 Å². The fourth-order valence-electron chi connectivity index (χ4n) is 1.84. The Kier molecular flexibility index (Phi) is 6.63. The topological polar surface area (TPSA) is 39.1 Å². The van der Waals surface area contributed by atoms with Gasteiger partial charge >= 0.3 is 0 Å². The molecule has 0 spiro atoms. The lowest BCUT2D eigenvalue weighted by atomic mass is 10.2. The van der Waals surface area contributed by atoms with Gasteiger partial charge in [0.2, 0.25) is 0 Å². The van der Waals surface area contributed by atoms with Gasteiger partial charge in [-0.1, -0.05) is 12.1 Å². The quantitative estimate of drug-likeness (QED) is 0.569. The molecule has 0 aliphatic rings. The van der Waals surface area contributed by atoms with Crippen LogP contribution in [-0.2, 0) is 17.8 Å². The molecule has 108 valence electrons. The molecule has 0 amide bonds. The zero-order valence-corrected chi connectivity index (χ0v) is 12.6. The Balaban J connectivity index is 1.74. The molecule has 2 aromatic rings. The van der Waals surface area contributed by atoms with Crippen LogP contribution in [0, 0.1) is 0 Å². The van der Waals surface area contributed by atoms with Crippen LogP contribution in [0.2, 0.25) is 0 Å². The van der Waals surface area contributed by atoms with E-state index in [0.29, 0.717) is 0 Å². The highest BCUT2D eigenvalue weighted by Crippen LogP contribution is 2.19. The van der Waals surface area contributed by atoms with Gasteiger partial charge in [0.25, 0.3) is 0 Å². The van der Waals surface area contributed by atoms with E-state index >= 15 is 0 Å². The first-order chi connectivity index (χ1) is 9.88. The summed E-state index contributed by atoms with van der Waals surface area (Å²) in [5.41, 5.74) is 1.31. The van der Waals surface area contributed by atoms with Crippen molar-refractivity contribution in [2.24, 2.45) is 0 Å². The number of nitrogens with zero attached hydrogens (tertiary/aromatic N) is 2. The van der Waals surface area contributed by atoms with Crippen LogP contribution in [0.1, 0.15) is 5.56 Å². The van der Waals surface area contributed by atoms with Crippen LogP contribution in [0.15, 0.2) is 47.6 Å². The fourth-order valence-corrected chi connectivity index (χ4v) is 2.77. The molecule has 1 aromatic carbocycles. The first-order valence-electron chi connectivity index (χ1n) is 6.77. The summed E-state index contributed by atoms with van der Waals surface area (Å²) < 4.78 is 6.98. The number of methoxy groups -OCH3 is 1. The van der Waals surface area contributed by atoms with Gasteiger partial charge in [0.1, 0.15) is 0 Å². The number of benzene rings is 1. The van der Waals surface area contributed by atoms with Gasteiger partial charge in [-0.3, -0.25) is 4.68 Å². The molecule has 0 aliphatic carbocycles. The maximum atomic E-state index is 5.02. The van der Waals surface area contributed by atoms with Gasteiger partial charge in [0.05, 0.1) is 13.2 Å². The summed E-state index contributed by atoms with van der Waals surface area (Å²) >= 11 is 1.86. The van der Waals surface area contributed by atoms with E-state index in [0.717, 1.165) is 32.0 Å². The van der Waals surface area contributed by atoms with Crippen LogP contribution in [0.3, 0.4) is 0 Å². The van der Waals surface area contributed by atoms with Crippen LogP contribution in [0.4, 0.5) is 0 Å². The molecule has 0 saturated heterocycles. The predicted molar refractivity (Wildman–Crippen MR) is 83.0 cm³/mol. The summed E-state index contributed by atoms with van der Waals surface area (Å²) in [6.07, 6.45) is 3.81. The number of rotatable bonds is 9. The Labute approximate surface area is 124 Å². The average Bonchev–Trinajstić information content (AvgIpc) is 2.97. The second-order valence-corrected chi connectivity index (χ2v) is 5.60. The number of aromatic nitrogens is 2. The summed E-state index contributed by atoms with van der Waals surface area (Å²) in [6, 6.07) is 10.6. The van der Waals surface area contributed by atoms with E-state index in [1.165, 1.54) is 10.5 Å². The second kappa shape index (κ2) is 8.79. The smallest absolute Gasteiger partial charge is 0.0587 e. The van der Waals surface area contributed by atoms with Crippen molar-refractivity contribution in [2.75, 3.05) is 26.0 Å². The lowest BCUT2D eigenvalue weighted by molar-refractivity contribution is 0.199. The Morgan fingerprint density at radius 1 is 1.35 bits per heavy atom. The van der Waals surface area contributed by atoms with E-state index in [-0.39, 0.29) is 0 Å². The van der Waals surface area contributed by atoms with Crippen molar-refractivity contribution in [3.8, 4) is 0 Å². The van der Waals surface area contributed by atoms with Crippen molar-refractivity contribution < 1.29 is 4.74 Å². The zero-order valence-electron chi connectivity index (χ0n) is 11.8. The molecule has 20 heavy (non-hydrogen) atoms. The van der Waals surface area contributed by atoms with Crippen molar-refractivity contribution >= 4 is 11.8 Å². The minimum absolute atomic E-state index is 0.748. The minimum Gasteiger partial charge on any atom is -0.383 e. The number of nitrogens with one attached hydrogen (secondary N) is 1. The zero-order chi connectivity index (χ0) is 14.0. The number of thioether (sulfide) groups is 1. The lowest BCUT2D eigenvalue weighted by Gasteiger charge is -2.07. The summed E-state index contributed by atoms with van der Waals surface area (Å²) in [5, 5.41) is 7.56. The Morgan fingerprint density at radius 2 is 2.30 bits per heavy atom. The van der Waals surface area contributed by atoms with Crippen LogP contribution >= 0.6 is 11.8 Å². The highest BCUT2D eigenvalue weighted by atomic mass is 32.2. The monoisotopic (exact) mass is 291 g/mol. The Hall–Kier alpha value is -1.30. The predicted octanol–water partition coefficient (Wildman–Crippen LogP) is 2.41. The van der Waals surface area contributed by atoms with Crippen molar-refractivity contribution in [3.63, 3.8) is 0 Å². The van der Waals surface area contributed by atoms with Crippen LogP contribution in [-0.4, -0.2) is 35.8 Å². The molecule has 4 nitrogen and oxygen atoms in total. The maximum Gasteiger partial charge on any atom is 0.0587 e. The van der Waals surface area contributed by atoms with Gasteiger partial charge in [-0.25, -0.2) is 0 Å². The molecule has 0 unspecified atom stereocenters. The molecule has 0 saturated carbocycles. The molecule has 0 fully saturated rings. The SMILES string of the molecule is COCCNCc1cccc(SCCn2cccn2)c1. The summed E-state index contributed by atoms with van der Waals surface area (Å²) in [6.45, 7) is 3.45. The molecular formula is C15H21N3OS. The average molecular weight is 291 g/mol. The molecule has 0 aliphatic heterocycles. The third-order valence-electron chi connectivity index (χ3n) is 2.86. The number of hydrogen-bond acceptors (Lipinski definition) is 4. The second-order valence-electron chi connectivity index (χ2n) is 4.43. The molecular weight excluding hydrogens is 270 g/mol. The Morgan fingerprint density at radius 3 is 3.10 bits per heavy atom. The molecule has 1 heterocycles. The highest BCUT2D eigenvalue weighted by Gasteiger charge is 1.98. The molecule has 0 radical (unpaired) electrons. The van der Waals surface area contributed by atoms with Crippen molar-refractivity contribution in [1.82, 2.24) is 15.1 Å². The third-order valence-corrected chi connectivity index (χ3v) is 3.83.